The van der Waals surface area contributed by atoms with Crippen molar-refractivity contribution in [1.82, 2.24) is 14.5 Å². The summed E-state index contributed by atoms with van der Waals surface area (Å²) < 4.78 is 45.6. The summed E-state index contributed by atoms with van der Waals surface area (Å²) in [6.07, 6.45) is 4.90. The zero-order chi connectivity index (χ0) is 18.6. The maximum atomic E-state index is 12.8. The number of benzene rings is 1. The topological polar surface area (TPSA) is 95.6 Å². The molecule has 0 saturated carbocycles. The van der Waals surface area contributed by atoms with Crippen LogP contribution in [0.15, 0.2) is 64.4 Å². The molecule has 0 fully saturated rings. The molecule has 26 heavy (non-hydrogen) atoms. The highest BCUT2D eigenvalue weighted by Crippen LogP contribution is 2.28. The van der Waals surface area contributed by atoms with E-state index < -0.39 is 16.1 Å². The molecule has 0 aliphatic heterocycles. The van der Waals surface area contributed by atoms with Crippen molar-refractivity contribution < 1.29 is 22.3 Å². The highest BCUT2D eigenvalue weighted by Gasteiger charge is 2.24. The van der Waals surface area contributed by atoms with Gasteiger partial charge in [0.25, 0.3) is 0 Å². The van der Waals surface area contributed by atoms with Crippen LogP contribution in [-0.4, -0.2) is 39.0 Å². The Bertz CT molecular complexity index is 903. The van der Waals surface area contributed by atoms with Crippen LogP contribution in [0.4, 0.5) is 0 Å². The molecule has 3 aromatic rings. The molecule has 1 atom stereocenters. The lowest BCUT2D eigenvalue weighted by molar-refractivity contribution is 0.390. The first-order valence-corrected chi connectivity index (χ1v) is 9.27. The number of sulfonamides is 1. The van der Waals surface area contributed by atoms with Gasteiger partial charge in [0.15, 0.2) is 0 Å². The smallest absolute Gasteiger partial charge is 0.244 e. The lowest BCUT2D eigenvalue weighted by Crippen LogP contribution is -2.31. The van der Waals surface area contributed by atoms with Gasteiger partial charge in [0.2, 0.25) is 10.0 Å². The molecule has 1 aromatic carbocycles. The van der Waals surface area contributed by atoms with E-state index in [1.54, 1.807) is 47.4 Å². The summed E-state index contributed by atoms with van der Waals surface area (Å²) in [7, 11) is -0.969. The van der Waals surface area contributed by atoms with Crippen LogP contribution in [0, 0.1) is 0 Å². The fourth-order valence-corrected chi connectivity index (χ4v) is 3.75. The van der Waals surface area contributed by atoms with Crippen molar-refractivity contribution in [1.29, 1.82) is 0 Å². The minimum atomic E-state index is -3.85. The molecule has 2 heterocycles. The van der Waals surface area contributed by atoms with Crippen molar-refractivity contribution in [2.45, 2.75) is 10.9 Å². The van der Waals surface area contributed by atoms with Gasteiger partial charge in [0.05, 0.1) is 20.5 Å². The standard InChI is InChI=1S/C17H19N3O5S/c1-23-13-6-7-16(24-2)17(11-13)26(21,22)19-12-14(15-5-3-10-25-15)20-9-4-8-18-20/h3-11,14,19H,12H2,1-2H3. The molecule has 1 N–H and O–H groups in total. The number of aromatic nitrogens is 2. The van der Waals surface area contributed by atoms with E-state index in [2.05, 4.69) is 9.82 Å². The zero-order valence-electron chi connectivity index (χ0n) is 14.3. The quantitative estimate of drug-likeness (QED) is 0.646. The predicted octanol–water partition coefficient (Wildman–Crippen LogP) is 2.06. The van der Waals surface area contributed by atoms with Gasteiger partial charge in [-0.3, -0.25) is 4.68 Å². The second kappa shape index (κ2) is 7.63. The Labute approximate surface area is 151 Å². The Balaban J connectivity index is 1.87. The monoisotopic (exact) mass is 377 g/mol. The Morgan fingerprint density at radius 2 is 2.08 bits per heavy atom. The maximum Gasteiger partial charge on any atom is 0.244 e. The molecule has 0 amide bonds. The number of rotatable bonds is 8. The summed E-state index contributed by atoms with van der Waals surface area (Å²) in [5.41, 5.74) is 0. The third kappa shape index (κ3) is 3.73. The maximum absolute atomic E-state index is 12.8. The molecule has 9 heteroatoms. The molecule has 0 aliphatic rings. The number of hydrogen-bond donors (Lipinski definition) is 1. The number of methoxy groups -OCH3 is 2. The van der Waals surface area contributed by atoms with Gasteiger partial charge in [-0.1, -0.05) is 0 Å². The second-order valence-electron chi connectivity index (χ2n) is 5.39. The zero-order valence-corrected chi connectivity index (χ0v) is 15.1. The van der Waals surface area contributed by atoms with Gasteiger partial charge in [0, 0.05) is 25.0 Å². The van der Waals surface area contributed by atoms with Gasteiger partial charge in [-0.2, -0.15) is 5.10 Å². The molecule has 2 aromatic heterocycles. The van der Waals surface area contributed by atoms with Crippen LogP contribution in [0.25, 0.3) is 0 Å². The summed E-state index contributed by atoms with van der Waals surface area (Å²) in [6.45, 7) is 0.0535. The van der Waals surface area contributed by atoms with Crippen LogP contribution in [0.5, 0.6) is 11.5 Å². The van der Waals surface area contributed by atoms with Crippen molar-refractivity contribution in [2.24, 2.45) is 0 Å². The lowest BCUT2D eigenvalue weighted by Gasteiger charge is -2.17. The van der Waals surface area contributed by atoms with Crippen molar-refractivity contribution in [3.05, 3.63) is 60.8 Å². The fraction of sp³-hybridized carbons (Fsp3) is 0.235. The van der Waals surface area contributed by atoms with Gasteiger partial charge < -0.3 is 13.9 Å². The van der Waals surface area contributed by atoms with E-state index >= 15 is 0 Å². The first kappa shape index (κ1) is 18.0. The van der Waals surface area contributed by atoms with Crippen molar-refractivity contribution in [2.75, 3.05) is 20.8 Å². The molecule has 1 unspecified atom stereocenters. The SMILES string of the molecule is COc1ccc(OC)c(S(=O)(=O)NCC(c2ccco2)n2cccn2)c1. The predicted molar refractivity (Wildman–Crippen MR) is 93.8 cm³/mol. The number of ether oxygens (including phenoxy) is 2. The first-order valence-electron chi connectivity index (χ1n) is 7.79. The van der Waals surface area contributed by atoms with Crippen LogP contribution < -0.4 is 14.2 Å². The number of nitrogens with zero attached hydrogens (tertiary/aromatic N) is 2. The third-order valence-electron chi connectivity index (χ3n) is 3.84. The van der Waals surface area contributed by atoms with E-state index in [0.29, 0.717) is 11.5 Å². The largest absolute Gasteiger partial charge is 0.497 e. The minimum Gasteiger partial charge on any atom is -0.497 e. The molecule has 8 nitrogen and oxygen atoms in total. The van der Waals surface area contributed by atoms with E-state index in [1.165, 1.54) is 26.5 Å². The molecule has 138 valence electrons. The summed E-state index contributed by atoms with van der Waals surface area (Å²) in [6, 6.07) is 9.44. The Kier molecular flexibility index (Phi) is 5.29. The minimum absolute atomic E-state index is 0.00184. The fourth-order valence-electron chi connectivity index (χ4n) is 2.53. The normalized spacial score (nSPS) is 12.7. The molecular formula is C17H19N3O5S. The molecule has 0 radical (unpaired) electrons. The first-order chi connectivity index (χ1) is 12.5. The van der Waals surface area contributed by atoms with E-state index in [4.69, 9.17) is 13.9 Å². The molecule has 0 spiro atoms. The molecule has 0 bridgehead atoms. The second-order valence-corrected chi connectivity index (χ2v) is 7.12. The van der Waals surface area contributed by atoms with Crippen LogP contribution in [0.2, 0.25) is 0 Å². The van der Waals surface area contributed by atoms with Crippen LogP contribution in [0.1, 0.15) is 11.8 Å². The number of nitrogens with one attached hydrogen (secondary N) is 1. The average molecular weight is 377 g/mol. The van der Waals surface area contributed by atoms with E-state index in [1.807, 2.05) is 0 Å². The Hall–Kier alpha value is -2.78. The van der Waals surface area contributed by atoms with Gasteiger partial charge in [-0.15, -0.1) is 0 Å². The molecular weight excluding hydrogens is 358 g/mol. The van der Waals surface area contributed by atoms with Gasteiger partial charge in [-0.25, -0.2) is 13.1 Å². The van der Waals surface area contributed by atoms with Gasteiger partial charge >= 0.3 is 0 Å². The number of furan rings is 1. The van der Waals surface area contributed by atoms with E-state index in [9.17, 15) is 8.42 Å². The van der Waals surface area contributed by atoms with Crippen LogP contribution in [0.3, 0.4) is 0 Å². The van der Waals surface area contributed by atoms with Gasteiger partial charge in [-0.05, 0) is 30.3 Å². The summed E-state index contributed by atoms with van der Waals surface area (Å²) >= 11 is 0. The molecule has 0 saturated heterocycles. The molecule has 3 rings (SSSR count). The van der Waals surface area contributed by atoms with Gasteiger partial charge in [0.1, 0.15) is 28.2 Å². The lowest BCUT2D eigenvalue weighted by atomic mass is 10.2. The van der Waals surface area contributed by atoms with Crippen LogP contribution in [-0.2, 0) is 10.0 Å². The highest BCUT2D eigenvalue weighted by atomic mass is 32.2. The van der Waals surface area contributed by atoms with Crippen molar-refractivity contribution >= 4 is 10.0 Å². The van der Waals surface area contributed by atoms with E-state index in [-0.39, 0.29) is 17.2 Å². The summed E-state index contributed by atoms with van der Waals surface area (Å²) in [5.74, 6) is 1.24. The molecule has 0 aliphatic carbocycles. The summed E-state index contributed by atoms with van der Waals surface area (Å²) in [5, 5.41) is 4.18. The van der Waals surface area contributed by atoms with E-state index in [0.717, 1.165) is 0 Å². The average Bonchev–Trinajstić information content (AvgIpc) is 3.35. The highest BCUT2D eigenvalue weighted by molar-refractivity contribution is 7.89. The Morgan fingerprint density at radius 3 is 2.69 bits per heavy atom. The third-order valence-corrected chi connectivity index (χ3v) is 5.29. The van der Waals surface area contributed by atoms with Crippen molar-refractivity contribution in [3.8, 4) is 11.5 Å². The summed E-state index contributed by atoms with van der Waals surface area (Å²) in [4.78, 5) is -0.00184. The Morgan fingerprint density at radius 1 is 1.23 bits per heavy atom. The van der Waals surface area contributed by atoms with Crippen LogP contribution >= 0.6 is 0 Å². The number of hydrogen-bond acceptors (Lipinski definition) is 6. The van der Waals surface area contributed by atoms with Crippen molar-refractivity contribution in [3.63, 3.8) is 0 Å².